The number of benzene rings is 2. The molecule has 0 atom stereocenters. The molecule has 0 saturated carbocycles. The number of nitrogens with one attached hydrogen (secondary N) is 2. The Balaban J connectivity index is 1.74. The number of carbonyl (C=O) groups is 2. The number of pyridine rings is 1. The smallest absolute Gasteiger partial charge is 0.274 e. The van der Waals surface area contributed by atoms with E-state index in [4.69, 9.17) is 4.74 Å². The lowest BCUT2D eigenvalue weighted by Gasteiger charge is -2.11. The first-order valence-electron chi connectivity index (χ1n) is 8.35. The van der Waals surface area contributed by atoms with Crippen molar-refractivity contribution in [2.75, 3.05) is 17.7 Å². The van der Waals surface area contributed by atoms with Gasteiger partial charge in [-0.05, 0) is 55.5 Å². The van der Waals surface area contributed by atoms with E-state index in [1.807, 2.05) is 24.3 Å². The van der Waals surface area contributed by atoms with E-state index in [0.717, 1.165) is 5.69 Å². The van der Waals surface area contributed by atoms with Crippen LogP contribution in [-0.2, 0) is 0 Å². The lowest BCUT2D eigenvalue weighted by Crippen LogP contribution is -2.14. The van der Waals surface area contributed by atoms with Gasteiger partial charge in [-0.2, -0.15) is 0 Å². The number of anilines is 3. The Morgan fingerprint density at radius 3 is 2.41 bits per heavy atom. The molecule has 6 heteroatoms. The van der Waals surface area contributed by atoms with Gasteiger partial charge in [0.1, 0.15) is 11.4 Å². The Kier molecular flexibility index (Phi) is 5.47. The van der Waals surface area contributed by atoms with Gasteiger partial charge in [-0.1, -0.05) is 12.1 Å². The van der Waals surface area contributed by atoms with Crippen LogP contribution in [0.4, 0.5) is 17.1 Å². The van der Waals surface area contributed by atoms with Crippen LogP contribution in [0.1, 0.15) is 27.8 Å². The predicted octanol–water partition coefficient (Wildman–Crippen LogP) is 4.29. The van der Waals surface area contributed by atoms with Crippen LogP contribution in [0.15, 0.2) is 66.9 Å². The van der Waals surface area contributed by atoms with Gasteiger partial charge >= 0.3 is 0 Å². The molecule has 0 saturated heterocycles. The molecule has 0 fully saturated rings. The van der Waals surface area contributed by atoms with Crippen molar-refractivity contribution in [1.82, 2.24) is 4.98 Å². The SMILES string of the molecule is COc1ccccc1Nc1ccnc(C(=O)Nc2ccc(C(C)=O)cc2)c1. The first-order valence-corrected chi connectivity index (χ1v) is 8.35. The molecule has 1 aromatic heterocycles. The summed E-state index contributed by atoms with van der Waals surface area (Å²) in [6.07, 6.45) is 1.56. The number of hydrogen-bond acceptors (Lipinski definition) is 5. The first-order chi connectivity index (χ1) is 13.1. The Morgan fingerprint density at radius 2 is 1.70 bits per heavy atom. The summed E-state index contributed by atoms with van der Waals surface area (Å²) in [7, 11) is 1.60. The highest BCUT2D eigenvalue weighted by atomic mass is 16.5. The van der Waals surface area contributed by atoms with Crippen LogP contribution in [0.3, 0.4) is 0 Å². The van der Waals surface area contributed by atoms with E-state index in [9.17, 15) is 9.59 Å². The van der Waals surface area contributed by atoms with E-state index < -0.39 is 0 Å². The second-order valence-corrected chi connectivity index (χ2v) is 5.84. The molecule has 0 aliphatic carbocycles. The van der Waals surface area contributed by atoms with Crippen molar-refractivity contribution in [3.63, 3.8) is 0 Å². The van der Waals surface area contributed by atoms with Crippen molar-refractivity contribution in [3.05, 3.63) is 78.1 Å². The molecule has 0 radical (unpaired) electrons. The van der Waals surface area contributed by atoms with E-state index in [-0.39, 0.29) is 17.4 Å². The van der Waals surface area contributed by atoms with Crippen LogP contribution in [0.25, 0.3) is 0 Å². The highest BCUT2D eigenvalue weighted by Crippen LogP contribution is 2.27. The summed E-state index contributed by atoms with van der Waals surface area (Å²) in [5.41, 5.74) is 2.96. The van der Waals surface area contributed by atoms with E-state index in [0.29, 0.717) is 22.7 Å². The molecule has 136 valence electrons. The fraction of sp³-hybridized carbons (Fsp3) is 0.0952. The molecule has 3 aromatic rings. The molecule has 1 amide bonds. The maximum Gasteiger partial charge on any atom is 0.274 e. The molecule has 0 aliphatic rings. The Hall–Kier alpha value is -3.67. The standard InChI is InChI=1S/C21H19N3O3/c1-14(25)15-7-9-16(10-8-15)24-21(26)19-13-17(11-12-22-19)23-18-5-3-4-6-20(18)27-2/h3-13H,1-2H3,(H,22,23)(H,24,26). The highest BCUT2D eigenvalue weighted by molar-refractivity contribution is 6.03. The van der Waals surface area contributed by atoms with Gasteiger partial charge in [-0.3, -0.25) is 14.6 Å². The van der Waals surface area contributed by atoms with E-state index >= 15 is 0 Å². The topological polar surface area (TPSA) is 80.3 Å². The molecule has 3 rings (SSSR count). The number of amides is 1. The molecule has 0 bridgehead atoms. The lowest BCUT2D eigenvalue weighted by molar-refractivity contribution is 0.101. The van der Waals surface area contributed by atoms with Crippen LogP contribution >= 0.6 is 0 Å². The number of Topliss-reactive ketones (excluding diaryl/α,β-unsaturated/α-hetero) is 1. The number of rotatable bonds is 6. The quantitative estimate of drug-likeness (QED) is 0.640. The third-order valence-corrected chi connectivity index (χ3v) is 3.93. The van der Waals surface area contributed by atoms with Gasteiger partial charge in [0, 0.05) is 23.1 Å². The van der Waals surface area contributed by atoms with Crippen molar-refractivity contribution >= 4 is 28.8 Å². The van der Waals surface area contributed by atoms with E-state index in [1.165, 1.54) is 6.92 Å². The van der Waals surface area contributed by atoms with Gasteiger partial charge in [-0.25, -0.2) is 0 Å². The summed E-state index contributed by atoms with van der Waals surface area (Å²) in [6, 6.07) is 17.7. The molecule has 0 unspecified atom stereocenters. The summed E-state index contributed by atoms with van der Waals surface area (Å²) in [6.45, 7) is 1.50. The van der Waals surface area contributed by atoms with Gasteiger partial charge < -0.3 is 15.4 Å². The molecular formula is C21H19N3O3. The summed E-state index contributed by atoms with van der Waals surface area (Å²) in [5.74, 6) is 0.338. The summed E-state index contributed by atoms with van der Waals surface area (Å²) in [5, 5.41) is 5.99. The van der Waals surface area contributed by atoms with Crippen molar-refractivity contribution in [2.24, 2.45) is 0 Å². The Labute approximate surface area is 157 Å². The summed E-state index contributed by atoms with van der Waals surface area (Å²) >= 11 is 0. The number of ether oxygens (including phenoxy) is 1. The lowest BCUT2D eigenvalue weighted by atomic mass is 10.1. The molecule has 6 nitrogen and oxygen atoms in total. The van der Waals surface area contributed by atoms with Crippen LogP contribution in [0, 0.1) is 0 Å². The number of nitrogens with zero attached hydrogens (tertiary/aromatic N) is 1. The maximum absolute atomic E-state index is 12.5. The van der Waals surface area contributed by atoms with Crippen LogP contribution < -0.4 is 15.4 Å². The maximum atomic E-state index is 12.5. The minimum atomic E-state index is -0.339. The second-order valence-electron chi connectivity index (χ2n) is 5.84. The number of carbonyl (C=O) groups excluding carboxylic acids is 2. The van der Waals surface area contributed by atoms with Gasteiger partial charge in [0.2, 0.25) is 0 Å². The molecule has 27 heavy (non-hydrogen) atoms. The van der Waals surface area contributed by atoms with Crippen molar-refractivity contribution < 1.29 is 14.3 Å². The third-order valence-electron chi connectivity index (χ3n) is 3.93. The van der Waals surface area contributed by atoms with Crippen molar-refractivity contribution in [3.8, 4) is 5.75 Å². The average Bonchev–Trinajstić information content (AvgIpc) is 2.69. The fourth-order valence-electron chi connectivity index (χ4n) is 2.52. The number of aromatic nitrogens is 1. The zero-order chi connectivity index (χ0) is 19.2. The van der Waals surface area contributed by atoms with Gasteiger partial charge in [0.25, 0.3) is 5.91 Å². The molecule has 0 spiro atoms. The normalized spacial score (nSPS) is 10.1. The zero-order valence-corrected chi connectivity index (χ0v) is 15.0. The van der Waals surface area contributed by atoms with Gasteiger partial charge in [0.05, 0.1) is 12.8 Å². The van der Waals surface area contributed by atoms with E-state index in [2.05, 4.69) is 15.6 Å². The predicted molar refractivity (Wildman–Crippen MR) is 105 cm³/mol. The zero-order valence-electron chi connectivity index (χ0n) is 15.0. The average molecular weight is 361 g/mol. The summed E-state index contributed by atoms with van der Waals surface area (Å²) in [4.78, 5) is 27.9. The Bertz CT molecular complexity index is 968. The monoisotopic (exact) mass is 361 g/mol. The van der Waals surface area contributed by atoms with Crippen LogP contribution in [-0.4, -0.2) is 23.8 Å². The highest BCUT2D eigenvalue weighted by Gasteiger charge is 2.10. The third kappa shape index (κ3) is 4.49. The Morgan fingerprint density at radius 1 is 0.963 bits per heavy atom. The first kappa shape index (κ1) is 18.1. The summed E-state index contributed by atoms with van der Waals surface area (Å²) < 4.78 is 5.32. The van der Waals surface area contributed by atoms with E-state index in [1.54, 1.807) is 49.7 Å². The molecule has 2 aromatic carbocycles. The number of ketones is 1. The minimum Gasteiger partial charge on any atom is -0.495 e. The number of hydrogen-bond donors (Lipinski definition) is 2. The minimum absolute atomic E-state index is 0.0235. The molecule has 1 heterocycles. The van der Waals surface area contributed by atoms with Gasteiger partial charge in [0.15, 0.2) is 5.78 Å². The fourth-order valence-corrected chi connectivity index (χ4v) is 2.52. The van der Waals surface area contributed by atoms with Gasteiger partial charge in [-0.15, -0.1) is 0 Å². The largest absolute Gasteiger partial charge is 0.495 e. The van der Waals surface area contributed by atoms with Crippen LogP contribution in [0.5, 0.6) is 5.75 Å². The molecule has 0 aliphatic heterocycles. The second kappa shape index (κ2) is 8.14. The van der Waals surface area contributed by atoms with Crippen molar-refractivity contribution in [2.45, 2.75) is 6.92 Å². The van der Waals surface area contributed by atoms with Crippen LogP contribution in [0.2, 0.25) is 0 Å². The number of para-hydroxylation sites is 2. The number of methoxy groups -OCH3 is 1. The molecule has 2 N–H and O–H groups in total. The van der Waals surface area contributed by atoms with Crippen molar-refractivity contribution in [1.29, 1.82) is 0 Å². The molecular weight excluding hydrogens is 342 g/mol.